The second-order valence-corrected chi connectivity index (χ2v) is 7.03. The monoisotopic (exact) mass is 348 g/mol. The number of hydrogen-bond acceptors (Lipinski definition) is 3. The lowest BCUT2D eigenvalue weighted by Gasteiger charge is -2.33. The predicted molar refractivity (Wildman–Crippen MR) is 109 cm³/mol. The van der Waals surface area contributed by atoms with Gasteiger partial charge in [0, 0.05) is 40.5 Å². The summed E-state index contributed by atoms with van der Waals surface area (Å²) in [6.45, 7) is 3.06. The summed E-state index contributed by atoms with van der Waals surface area (Å²) < 4.78 is 34.2. The van der Waals surface area contributed by atoms with Crippen molar-refractivity contribution >= 4 is 33.7 Å². The molecule has 2 atom stereocenters. The van der Waals surface area contributed by atoms with Gasteiger partial charge >= 0.3 is 0 Å². The van der Waals surface area contributed by atoms with Crippen LogP contribution in [0.3, 0.4) is 0 Å². The lowest BCUT2D eigenvalue weighted by atomic mass is 10.0. The van der Waals surface area contributed by atoms with Gasteiger partial charge in [0.25, 0.3) is 0 Å². The summed E-state index contributed by atoms with van der Waals surface area (Å²) in [5.41, 5.74) is 4.09. The minimum Gasteiger partial charge on any atom is -0.353 e. The van der Waals surface area contributed by atoms with Crippen LogP contribution >= 0.6 is 0 Å². The number of nitrogens with zero attached hydrogens (tertiary/aromatic N) is 4. The van der Waals surface area contributed by atoms with E-state index in [1.165, 1.54) is 6.92 Å². The molecular formula is C22H24N4. The number of hydrogen-bond donors (Lipinski definition) is 0. The van der Waals surface area contributed by atoms with Crippen molar-refractivity contribution in [3.8, 4) is 0 Å². The first-order valence-corrected chi connectivity index (χ1v) is 8.97. The normalized spacial score (nSPS) is 23.9. The number of fused-ring (bicyclic) bond motifs is 5. The summed E-state index contributed by atoms with van der Waals surface area (Å²) in [5, 5.41) is 2.24. The molecule has 0 spiro atoms. The Morgan fingerprint density at radius 3 is 2.85 bits per heavy atom. The van der Waals surface area contributed by atoms with E-state index in [1.54, 1.807) is 11.1 Å². The fourth-order valence-electron chi connectivity index (χ4n) is 4.28. The van der Waals surface area contributed by atoms with Crippen LogP contribution in [0, 0.1) is 6.92 Å². The fraction of sp³-hybridized carbons (Fsp3) is 0.318. The van der Waals surface area contributed by atoms with Gasteiger partial charge in [-0.25, -0.2) is 4.98 Å². The molecular weight excluding hydrogens is 320 g/mol. The number of aromatic nitrogens is 2. The zero-order valence-corrected chi connectivity index (χ0v) is 15.2. The Bertz CT molecular complexity index is 1240. The van der Waals surface area contributed by atoms with Gasteiger partial charge in [0.05, 0.1) is 18.1 Å². The van der Waals surface area contributed by atoms with Crippen LogP contribution in [0.1, 0.15) is 37.6 Å². The van der Waals surface area contributed by atoms with Gasteiger partial charge in [0.1, 0.15) is 12.0 Å². The first-order valence-electron chi connectivity index (χ1n) is 11.0. The molecule has 0 fully saturated rings. The van der Waals surface area contributed by atoms with E-state index < -0.39 is 12.9 Å². The molecule has 0 bridgehead atoms. The molecule has 0 saturated carbocycles. The van der Waals surface area contributed by atoms with E-state index in [0.29, 0.717) is 0 Å². The molecule has 1 aromatic heterocycles. The summed E-state index contributed by atoms with van der Waals surface area (Å²) in [5.74, 6) is 1.00. The zero-order chi connectivity index (χ0) is 21.4. The minimum atomic E-state index is -2.43. The van der Waals surface area contributed by atoms with Crippen molar-refractivity contribution in [3.63, 3.8) is 0 Å². The Balaban J connectivity index is 1.75. The summed E-state index contributed by atoms with van der Waals surface area (Å²) in [6.07, 6.45) is 8.23. The van der Waals surface area contributed by atoms with Crippen molar-refractivity contribution in [2.45, 2.75) is 46.2 Å². The highest BCUT2D eigenvalue weighted by Gasteiger charge is 2.30. The molecule has 2 aliphatic heterocycles. The van der Waals surface area contributed by atoms with Crippen molar-refractivity contribution in [3.05, 3.63) is 54.1 Å². The Hall–Kier alpha value is -2.75. The maximum absolute atomic E-state index is 8.55. The smallest absolute Gasteiger partial charge is 0.117 e. The molecule has 2 aliphatic rings. The summed E-state index contributed by atoms with van der Waals surface area (Å²) in [6, 6.07) is 6.53. The van der Waals surface area contributed by atoms with Gasteiger partial charge in [-0.05, 0) is 38.6 Å². The number of anilines is 1. The van der Waals surface area contributed by atoms with Crippen LogP contribution in [0.2, 0.25) is 0 Å². The summed E-state index contributed by atoms with van der Waals surface area (Å²) >= 11 is 0. The van der Waals surface area contributed by atoms with Crippen molar-refractivity contribution < 1.29 is 5.48 Å². The van der Waals surface area contributed by atoms with Crippen LogP contribution in [0.4, 0.5) is 5.69 Å². The lowest BCUT2D eigenvalue weighted by Crippen LogP contribution is -2.40. The summed E-state index contributed by atoms with van der Waals surface area (Å²) in [7, 11) is 0. The van der Waals surface area contributed by atoms with E-state index in [-0.39, 0.29) is 6.17 Å². The molecule has 0 aliphatic carbocycles. The number of allylic oxidation sites excluding steroid dienone is 1. The molecule has 0 radical (unpaired) electrons. The average Bonchev–Trinajstić information content (AvgIpc) is 3.37. The standard InChI is InChI=1S/C22H24N4/c1-14(2)24-12-13-25(16(24)4)21-15(3)17-8-5-6-9-18(17)20-22(21)26-11-7-10-19(26)23-20/h5-9,11-14,16H,10H2,1-4H3/t16-/m0/s1/i1D3,14D/t14?,16-. The van der Waals surface area contributed by atoms with Crippen LogP contribution in [0.15, 0.2) is 42.7 Å². The second-order valence-electron chi connectivity index (χ2n) is 7.03. The third-order valence-electron chi connectivity index (χ3n) is 5.54. The van der Waals surface area contributed by atoms with E-state index in [2.05, 4.69) is 40.8 Å². The van der Waals surface area contributed by atoms with E-state index in [9.17, 15) is 0 Å². The molecule has 26 heavy (non-hydrogen) atoms. The number of rotatable bonds is 2. The molecule has 132 valence electrons. The Labute approximate surface area is 159 Å². The Morgan fingerprint density at radius 1 is 1.23 bits per heavy atom. The largest absolute Gasteiger partial charge is 0.353 e. The second kappa shape index (κ2) is 5.37. The SMILES string of the molecule is [2H]C([2H])([2H])C([2H])(C)N1C=CN(c2c(C)c3ccccc3c3nc4n(c23)C=CC4)[C@H]1C. The van der Waals surface area contributed by atoms with Gasteiger partial charge in [-0.1, -0.05) is 30.3 Å². The van der Waals surface area contributed by atoms with Gasteiger partial charge in [-0.15, -0.1) is 0 Å². The average molecular weight is 348 g/mol. The quantitative estimate of drug-likeness (QED) is 0.660. The van der Waals surface area contributed by atoms with Crippen LogP contribution < -0.4 is 4.90 Å². The van der Waals surface area contributed by atoms with Gasteiger partial charge in [-0.3, -0.25) is 0 Å². The van der Waals surface area contributed by atoms with Gasteiger partial charge < -0.3 is 14.4 Å². The van der Waals surface area contributed by atoms with Crippen LogP contribution in [-0.4, -0.2) is 26.6 Å². The minimum absolute atomic E-state index is 0.326. The topological polar surface area (TPSA) is 24.3 Å². The van der Waals surface area contributed by atoms with E-state index in [4.69, 9.17) is 10.5 Å². The molecule has 1 unspecified atom stereocenters. The first kappa shape index (κ1) is 11.8. The maximum atomic E-state index is 8.55. The van der Waals surface area contributed by atoms with E-state index in [1.807, 2.05) is 25.3 Å². The van der Waals surface area contributed by atoms with Crippen LogP contribution in [0.5, 0.6) is 0 Å². The Morgan fingerprint density at radius 2 is 2.04 bits per heavy atom. The third kappa shape index (κ3) is 1.93. The van der Waals surface area contributed by atoms with Crippen LogP contribution in [-0.2, 0) is 6.42 Å². The highest BCUT2D eigenvalue weighted by Crippen LogP contribution is 2.42. The predicted octanol–water partition coefficient (Wildman–Crippen LogP) is 4.87. The molecule has 3 heterocycles. The molecule has 0 amide bonds. The maximum Gasteiger partial charge on any atom is 0.117 e. The zero-order valence-electron chi connectivity index (χ0n) is 19.2. The van der Waals surface area contributed by atoms with Crippen molar-refractivity contribution in [2.24, 2.45) is 0 Å². The first-order chi connectivity index (χ1) is 14.1. The van der Waals surface area contributed by atoms with Crippen molar-refractivity contribution in [1.29, 1.82) is 0 Å². The van der Waals surface area contributed by atoms with Gasteiger partial charge in [-0.2, -0.15) is 0 Å². The summed E-state index contributed by atoms with van der Waals surface area (Å²) in [4.78, 5) is 8.62. The van der Waals surface area contributed by atoms with E-state index in [0.717, 1.165) is 45.3 Å². The molecule has 0 saturated heterocycles. The van der Waals surface area contributed by atoms with Gasteiger partial charge in [0.15, 0.2) is 0 Å². The van der Waals surface area contributed by atoms with Crippen LogP contribution in [0.25, 0.3) is 28.0 Å². The number of benzene rings is 2. The molecule has 2 aromatic carbocycles. The Kier molecular flexibility index (Phi) is 2.43. The molecule has 3 aromatic rings. The molecule has 5 rings (SSSR count). The van der Waals surface area contributed by atoms with Crippen molar-refractivity contribution in [2.75, 3.05) is 4.90 Å². The van der Waals surface area contributed by atoms with E-state index >= 15 is 0 Å². The third-order valence-corrected chi connectivity index (χ3v) is 5.54. The number of aryl methyl sites for hydroxylation is 1. The van der Waals surface area contributed by atoms with Gasteiger partial charge in [0.2, 0.25) is 0 Å². The highest BCUT2D eigenvalue weighted by molar-refractivity contribution is 6.13. The lowest BCUT2D eigenvalue weighted by molar-refractivity contribution is 0.263. The molecule has 4 nitrogen and oxygen atoms in total. The highest BCUT2D eigenvalue weighted by atomic mass is 15.4. The molecule has 4 heteroatoms. The number of imidazole rings is 1. The van der Waals surface area contributed by atoms with Crippen molar-refractivity contribution in [1.82, 2.24) is 14.5 Å². The molecule has 0 N–H and O–H groups in total. The fourth-order valence-corrected chi connectivity index (χ4v) is 4.28.